The van der Waals surface area contributed by atoms with Crippen molar-refractivity contribution in [2.75, 3.05) is 0 Å². The van der Waals surface area contributed by atoms with Crippen molar-refractivity contribution in [3.8, 4) is 6.07 Å². The van der Waals surface area contributed by atoms with Crippen LogP contribution in [0.4, 0.5) is 4.39 Å². The topological polar surface area (TPSA) is 23.8 Å². The Labute approximate surface area is 36.4 Å². The lowest BCUT2D eigenvalue weighted by atomic mass is 10.2. The first kappa shape index (κ1) is 5.42. The molecule has 0 atom stereocenters. The van der Waals surface area contributed by atoms with Crippen LogP contribution in [0.3, 0.4) is 0 Å². The summed E-state index contributed by atoms with van der Waals surface area (Å²) in [6.07, 6.45) is 0. The molecule has 0 spiro atoms. The first-order valence-corrected chi connectivity index (χ1v) is 1.66. The second-order valence-corrected chi connectivity index (χ2v) is 1.58. The molecule has 0 saturated carbocycles. The monoisotopic (exact) mass is 87.0 g/mol. The van der Waals surface area contributed by atoms with Gasteiger partial charge >= 0.3 is 0 Å². The molecule has 0 heterocycles. The highest BCUT2D eigenvalue weighted by Gasteiger charge is 2.10. The lowest BCUT2D eigenvalue weighted by Crippen LogP contribution is -2.05. The van der Waals surface area contributed by atoms with Gasteiger partial charge in [0.1, 0.15) is 6.07 Å². The summed E-state index contributed by atoms with van der Waals surface area (Å²) in [7, 11) is 0. The van der Waals surface area contributed by atoms with Crippen molar-refractivity contribution in [3.05, 3.63) is 0 Å². The van der Waals surface area contributed by atoms with Crippen LogP contribution in [0.5, 0.6) is 0 Å². The fraction of sp³-hybridized carbons (Fsp3) is 0.750. The van der Waals surface area contributed by atoms with E-state index < -0.39 is 5.67 Å². The average Bonchev–Trinajstić information content (AvgIpc) is 1.35. The Kier molecular flexibility index (Phi) is 1.13. The summed E-state index contributed by atoms with van der Waals surface area (Å²) in [5, 5.41) is 7.78. The number of rotatable bonds is 0. The van der Waals surface area contributed by atoms with Gasteiger partial charge in [-0.05, 0) is 13.8 Å². The molecule has 34 valence electrons. The van der Waals surface area contributed by atoms with Gasteiger partial charge in [0, 0.05) is 0 Å². The molecule has 0 aliphatic carbocycles. The summed E-state index contributed by atoms with van der Waals surface area (Å²) in [6, 6.07) is 1.44. The maximum absolute atomic E-state index is 11.8. The second kappa shape index (κ2) is 1.25. The molecule has 0 saturated heterocycles. The summed E-state index contributed by atoms with van der Waals surface area (Å²) in [6.45, 7) is 2.43. The standard InChI is InChI=1S/C4H6FN/c1-4(2,5)3-6/h1-2H3. The molecule has 0 aromatic carbocycles. The summed E-state index contributed by atoms with van der Waals surface area (Å²) in [4.78, 5) is 0. The molecular weight excluding hydrogens is 81.0 g/mol. The van der Waals surface area contributed by atoms with Gasteiger partial charge in [0.15, 0.2) is 5.67 Å². The van der Waals surface area contributed by atoms with Crippen LogP contribution < -0.4 is 0 Å². The molecule has 0 bridgehead atoms. The van der Waals surface area contributed by atoms with E-state index in [0.717, 1.165) is 0 Å². The van der Waals surface area contributed by atoms with E-state index >= 15 is 0 Å². The summed E-state index contributed by atoms with van der Waals surface area (Å²) >= 11 is 0. The van der Waals surface area contributed by atoms with Crippen LogP contribution >= 0.6 is 0 Å². The maximum Gasteiger partial charge on any atom is 0.190 e. The van der Waals surface area contributed by atoms with Crippen LogP contribution in [0.2, 0.25) is 0 Å². The van der Waals surface area contributed by atoms with E-state index in [1.54, 1.807) is 0 Å². The van der Waals surface area contributed by atoms with Crippen LogP contribution in [-0.2, 0) is 0 Å². The van der Waals surface area contributed by atoms with Crippen LogP contribution in [0, 0.1) is 11.3 Å². The molecular formula is C4H6FN. The van der Waals surface area contributed by atoms with E-state index in [-0.39, 0.29) is 0 Å². The minimum atomic E-state index is -1.65. The van der Waals surface area contributed by atoms with Crippen LogP contribution in [0.25, 0.3) is 0 Å². The highest BCUT2D eigenvalue weighted by atomic mass is 19.1. The molecule has 1 nitrogen and oxygen atoms in total. The lowest BCUT2D eigenvalue weighted by Gasteiger charge is -1.95. The van der Waals surface area contributed by atoms with Crippen molar-refractivity contribution in [2.45, 2.75) is 19.5 Å². The summed E-state index contributed by atoms with van der Waals surface area (Å²) in [5.41, 5.74) is -1.65. The number of halogens is 1. The number of nitriles is 1. The first-order valence-electron chi connectivity index (χ1n) is 1.66. The van der Waals surface area contributed by atoms with Crippen molar-refractivity contribution in [1.82, 2.24) is 0 Å². The molecule has 0 aromatic rings. The maximum atomic E-state index is 11.8. The van der Waals surface area contributed by atoms with Gasteiger partial charge in [-0.25, -0.2) is 4.39 Å². The van der Waals surface area contributed by atoms with Gasteiger partial charge < -0.3 is 0 Å². The largest absolute Gasteiger partial charge is 0.228 e. The minimum Gasteiger partial charge on any atom is -0.228 e. The van der Waals surface area contributed by atoms with Gasteiger partial charge in [0.25, 0.3) is 0 Å². The van der Waals surface area contributed by atoms with Gasteiger partial charge in [-0.3, -0.25) is 0 Å². The van der Waals surface area contributed by atoms with Crippen molar-refractivity contribution in [2.24, 2.45) is 0 Å². The highest BCUT2D eigenvalue weighted by molar-refractivity contribution is 4.91. The lowest BCUT2D eigenvalue weighted by molar-refractivity contribution is 0.297. The first-order chi connectivity index (χ1) is 2.56. The van der Waals surface area contributed by atoms with Gasteiger partial charge in [-0.1, -0.05) is 0 Å². The molecule has 0 aliphatic rings. The predicted molar refractivity (Wildman–Crippen MR) is 20.8 cm³/mol. The molecule has 6 heavy (non-hydrogen) atoms. The Morgan fingerprint density at radius 2 is 1.83 bits per heavy atom. The van der Waals surface area contributed by atoms with Crippen LogP contribution in [-0.4, -0.2) is 5.67 Å². The van der Waals surface area contributed by atoms with E-state index in [4.69, 9.17) is 5.26 Å². The van der Waals surface area contributed by atoms with E-state index in [1.807, 2.05) is 0 Å². The Bertz CT molecular complexity index is 74.5. The number of hydrogen-bond acceptors (Lipinski definition) is 1. The SMILES string of the molecule is CC(C)(F)C#N. The summed E-state index contributed by atoms with van der Waals surface area (Å²) < 4.78 is 11.8. The van der Waals surface area contributed by atoms with Crippen LogP contribution in [0.15, 0.2) is 0 Å². The molecule has 0 unspecified atom stereocenters. The third-order valence-corrected chi connectivity index (χ3v) is 0.266. The fourth-order valence-corrected chi connectivity index (χ4v) is 0. The van der Waals surface area contributed by atoms with Gasteiger partial charge in [-0.2, -0.15) is 5.26 Å². The number of hydrogen-bond donors (Lipinski definition) is 0. The van der Waals surface area contributed by atoms with Crippen molar-refractivity contribution >= 4 is 0 Å². The Morgan fingerprint density at radius 3 is 1.83 bits per heavy atom. The molecule has 0 N–H and O–H groups in total. The molecule has 0 aromatic heterocycles. The van der Waals surface area contributed by atoms with Crippen molar-refractivity contribution in [3.63, 3.8) is 0 Å². The third kappa shape index (κ3) is 3.42. The number of nitrogens with zero attached hydrogens (tertiary/aromatic N) is 1. The minimum absolute atomic E-state index is 1.22. The zero-order valence-electron chi connectivity index (χ0n) is 3.83. The molecule has 0 amide bonds. The second-order valence-electron chi connectivity index (χ2n) is 1.58. The zero-order chi connectivity index (χ0) is 5.21. The zero-order valence-corrected chi connectivity index (χ0v) is 3.83. The highest BCUT2D eigenvalue weighted by Crippen LogP contribution is 2.02. The Hall–Kier alpha value is -0.580. The van der Waals surface area contributed by atoms with Gasteiger partial charge in [0.2, 0.25) is 0 Å². The normalized spacial score (nSPS) is 10.3. The Balaban J connectivity index is 3.55. The fourth-order valence-electron chi connectivity index (χ4n) is 0. The molecule has 0 fully saturated rings. The number of alkyl halides is 1. The average molecular weight is 87.1 g/mol. The quantitative estimate of drug-likeness (QED) is 0.436. The van der Waals surface area contributed by atoms with Crippen molar-refractivity contribution < 1.29 is 4.39 Å². The molecule has 0 rings (SSSR count). The molecule has 2 heteroatoms. The van der Waals surface area contributed by atoms with E-state index in [2.05, 4.69) is 0 Å². The summed E-state index contributed by atoms with van der Waals surface area (Å²) in [5.74, 6) is 0. The van der Waals surface area contributed by atoms with E-state index in [1.165, 1.54) is 19.9 Å². The predicted octanol–water partition coefficient (Wildman–Crippen LogP) is 1.26. The molecule has 0 aliphatic heterocycles. The third-order valence-electron chi connectivity index (χ3n) is 0.266. The smallest absolute Gasteiger partial charge is 0.190 e. The van der Waals surface area contributed by atoms with Gasteiger partial charge in [0.05, 0.1) is 0 Å². The Morgan fingerprint density at radius 1 is 1.67 bits per heavy atom. The van der Waals surface area contributed by atoms with Gasteiger partial charge in [-0.15, -0.1) is 0 Å². The van der Waals surface area contributed by atoms with Crippen molar-refractivity contribution in [1.29, 1.82) is 5.26 Å². The van der Waals surface area contributed by atoms with E-state index in [9.17, 15) is 4.39 Å². The van der Waals surface area contributed by atoms with E-state index in [0.29, 0.717) is 0 Å². The molecule has 0 radical (unpaired) electrons. The van der Waals surface area contributed by atoms with Crippen LogP contribution in [0.1, 0.15) is 13.8 Å².